The fourth-order valence-corrected chi connectivity index (χ4v) is 3.87. The average molecular weight is 376 g/mol. The molecule has 2 amide bonds. The summed E-state index contributed by atoms with van der Waals surface area (Å²) in [5.74, 6) is 0. The summed E-state index contributed by atoms with van der Waals surface area (Å²) in [4.78, 5) is 12.3. The van der Waals surface area contributed by atoms with E-state index in [0.717, 1.165) is 16.5 Å². The third-order valence-electron chi connectivity index (χ3n) is 4.55. The van der Waals surface area contributed by atoms with Crippen LogP contribution < -0.4 is 10.6 Å². The van der Waals surface area contributed by atoms with Crippen molar-refractivity contribution in [2.75, 3.05) is 6.54 Å². The second-order valence-electron chi connectivity index (χ2n) is 6.26. The van der Waals surface area contributed by atoms with E-state index in [1.165, 1.54) is 5.39 Å². The van der Waals surface area contributed by atoms with Crippen molar-refractivity contribution in [1.82, 2.24) is 20.4 Å². The number of thiophene rings is 1. The van der Waals surface area contributed by atoms with Crippen molar-refractivity contribution in [2.45, 2.75) is 12.6 Å². The standard InChI is InChI=1S/C21H20N4OS/c26-21(22-13-17-7-3-6-16-5-1-2-8-19(16)17)23-14-20(18-9-12-27-15-18)25-11-4-10-24-25/h1-12,15,20H,13-14H2,(H2,22,23,26). The van der Waals surface area contributed by atoms with Crippen LogP contribution in [0.3, 0.4) is 0 Å². The number of nitrogens with zero attached hydrogens (tertiary/aromatic N) is 2. The molecular weight excluding hydrogens is 356 g/mol. The van der Waals surface area contributed by atoms with E-state index < -0.39 is 0 Å². The van der Waals surface area contributed by atoms with Crippen molar-refractivity contribution in [3.63, 3.8) is 0 Å². The van der Waals surface area contributed by atoms with Gasteiger partial charge in [-0.1, -0.05) is 42.5 Å². The van der Waals surface area contributed by atoms with Gasteiger partial charge in [-0.3, -0.25) is 4.68 Å². The number of carbonyl (C=O) groups is 1. The molecule has 2 heterocycles. The normalized spacial score (nSPS) is 12.0. The smallest absolute Gasteiger partial charge is 0.315 e. The molecule has 0 radical (unpaired) electrons. The monoisotopic (exact) mass is 376 g/mol. The predicted molar refractivity (Wildman–Crippen MR) is 109 cm³/mol. The van der Waals surface area contributed by atoms with Crippen molar-refractivity contribution in [3.05, 3.63) is 88.9 Å². The van der Waals surface area contributed by atoms with E-state index in [0.29, 0.717) is 13.1 Å². The van der Waals surface area contributed by atoms with Crippen molar-refractivity contribution in [2.24, 2.45) is 0 Å². The molecule has 27 heavy (non-hydrogen) atoms. The molecule has 4 rings (SSSR count). The number of rotatable bonds is 6. The SMILES string of the molecule is O=C(NCc1cccc2ccccc12)NCC(c1ccsc1)n1cccn1. The molecule has 0 aliphatic rings. The molecule has 0 bridgehead atoms. The maximum absolute atomic E-state index is 12.3. The summed E-state index contributed by atoms with van der Waals surface area (Å²) < 4.78 is 1.87. The fraction of sp³-hybridized carbons (Fsp3) is 0.143. The molecule has 0 aliphatic heterocycles. The summed E-state index contributed by atoms with van der Waals surface area (Å²) in [6.07, 6.45) is 3.66. The molecule has 0 saturated heterocycles. The molecule has 0 fully saturated rings. The summed E-state index contributed by atoms with van der Waals surface area (Å²) in [6, 6.07) is 18.1. The van der Waals surface area contributed by atoms with Gasteiger partial charge in [-0.2, -0.15) is 16.4 Å². The molecule has 0 saturated carbocycles. The van der Waals surface area contributed by atoms with Gasteiger partial charge < -0.3 is 10.6 Å². The van der Waals surface area contributed by atoms with Crippen LogP contribution in [-0.2, 0) is 6.54 Å². The van der Waals surface area contributed by atoms with Crippen molar-refractivity contribution in [1.29, 1.82) is 0 Å². The Hall–Kier alpha value is -3.12. The first-order chi connectivity index (χ1) is 13.3. The number of fused-ring (bicyclic) bond motifs is 1. The minimum Gasteiger partial charge on any atom is -0.336 e. The largest absolute Gasteiger partial charge is 0.336 e. The van der Waals surface area contributed by atoms with Gasteiger partial charge >= 0.3 is 6.03 Å². The molecule has 0 spiro atoms. The number of benzene rings is 2. The molecule has 6 heteroatoms. The third-order valence-corrected chi connectivity index (χ3v) is 5.25. The van der Waals surface area contributed by atoms with Gasteiger partial charge in [-0.15, -0.1) is 0 Å². The molecule has 5 nitrogen and oxygen atoms in total. The first-order valence-corrected chi connectivity index (χ1v) is 9.75. The Labute approximate surface area is 161 Å². The maximum atomic E-state index is 12.3. The minimum atomic E-state index is -0.185. The highest BCUT2D eigenvalue weighted by molar-refractivity contribution is 7.08. The molecular formula is C21H20N4OS. The van der Waals surface area contributed by atoms with E-state index in [1.807, 2.05) is 46.6 Å². The van der Waals surface area contributed by atoms with E-state index in [2.05, 4.69) is 45.4 Å². The van der Waals surface area contributed by atoms with Crippen LogP contribution in [0.15, 0.2) is 77.8 Å². The highest BCUT2D eigenvalue weighted by atomic mass is 32.1. The molecule has 2 aromatic carbocycles. The first-order valence-electron chi connectivity index (χ1n) is 8.81. The lowest BCUT2D eigenvalue weighted by atomic mass is 10.0. The molecule has 0 aliphatic carbocycles. The van der Waals surface area contributed by atoms with Gasteiger partial charge in [0.25, 0.3) is 0 Å². The van der Waals surface area contributed by atoms with Crippen molar-refractivity contribution in [3.8, 4) is 0 Å². The van der Waals surface area contributed by atoms with Crippen LogP contribution in [0, 0.1) is 0 Å². The first kappa shape index (κ1) is 17.3. The Morgan fingerprint density at radius 2 is 1.96 bits per heavy atom. The minimum absolute atomic E-state index is 0.0189. The number of carbonyl (C=O) groups excluding carboxylic acids is 1. The highest BCUT2D eigenvalue weighted by Crippen LogP contribution is 2.20. The van der Waals surface area contributed by atoms with Gasteiger partial charge in [0.15, 0.2) is 0 Å². The Morgan fingerprint density at radius 3 is 2.78 bits per heavy atom. The van der Waals surface area contributed by atoms with E-state index >= 15 is 0 Å². The second-order valence-corrected chi connectivity index (χ2v) is 7.04. The van der Waals surface area contributed by atoms with Crippen LogP contribution in [-0.4, -0.2) is 22.4 Å². The third kappa shape index (κ3) is 4.01. The zero-order valence-electron chi connectivity index (χ0n) is 14.7. The van der Waals surface area contributed by atoms with Crippen molar-refractivity contribution < 1.29 is 4.79 Å². The van der Waals surface area contributed by atoms with Crippen LogP contribution >= 0.6 is 11.3 Å². The van der Waals surface area contributed by atoms with Gasteiger partial charge in [0.2, 0.25) is 0 Å². The van der Waals surface area contributed by atoms with E-state index in [4.69, 9.17) is 0 Å². The number of aromatic nitrogens is 2. The van der Waals surface area contributed by atoms with Crippen LogP contribution in [0.5, 0.6) is 0 Å². The number of amides is 2. The van der Waals surface area contributed by atoms with Crippen LogP contribution in [0.2, 0.25) is 0 Å². The van der Waals surface area contributed by atoms with E-state index in [1.54, 1.807) is 17.5 Å². The lowest BCUT2D eigenvalue weighted by molar-refractivity contribution is 0.239. The van der Waals surface area contributed by atoms with Gasteiger partial charge in [-0.25, -0.2) is 4.79 Å². The Morgan fingerprint density at radius 1 is 1.07 bits per heavy atom. The van der Waals surface area contributed by atoms with E-state index in [9.17, 15) is 4.79 Å². The average Bonchev–Trinajstić information content (AvgIpc) is 3.41. The Balaban J connectivity index is 1.39. The summed E-state index contributed by atoms with van der Waals surface area (Å²) in [7, 11) is 0. The predicted octanol–water partition coefficient (Wildman–Crippen LogP) is 4.19. The molecule has 2 aromatic heterocycles. The molecule has 136 valence electrons. The Kier molecular flexibility index (Phi) is 5.16. The van der Waals surface area contributed by atoms with Gasteiger partial charge in [0.1, 0.15) is 0 Å². The molecule has 2 N–H and O–H groups in total. The van der Waals surface area contributed by atoms with E-state index in [-0.39, 0.29) is 12.1 Å². The highest BCUT2D eigenvalue weighted by Gasteiger charge is 2.15. The number of nitrogens with one attached hydrogen (secondary N) is 2. The van der Waals surface area contributed by atoms with Crippen LogP contribution in [0.25, 0.3) is 10.8 Å². The fourth-order valence-electron chi connectivity index (χ4n) is 3.17. The van der Waals surface area contributed by atoms with Crippen LogP contribution in [0.1, 0.15) is 17.2 Å². The summed E-state index contributed by atoms with van der Waals surface area (Å²) >= 11 is 1.64. The Bertz CT molecular complexity index is 972. The second kappa shape index (κ2) is 8.05. The van der Waals surface area contributed by atoms with Gasteiger partial charge in [0, 0.05) is 25.5 Å². The number of hydrogen-bond acceptors (Lipinski definition) is 3. The lowest BCUT2D eigenvalue weighted by Crippen LogP contribution is -2.38. The van der Waals surface area contributed by atoms with Crippen LogP contribution in [0.4, 0.5) is 4.79 Å². The maximum Gasteiger partial charge on any atom is 0.315 e. The summed E-state index contributed by atoms with van der Waals surface area (Å²) in [6.45, 7) is 0.956. The summed E-state index contributed by atoms with van der Waals surface area (Å²) in [5.41, 5.74) is 2.24. The van der Waals surface area contributed by atoms with Gasteiger partial charge in [0.05, 0.1) is 6.04 Å². The molecule has 1 atom stereocenters. The molecule has 1 unspecified atom stereocenters. The lowest BCUT2D eigenvalue weighted by Gasteiger charge is -2.18. The van der Waals surface area contributed by atoms with Gasteiger partial charge in [-0.05, 0) is 44.8 Å². The quantitative estimate of drug-likeness (QED) is 0.530. The zero-order chi connectivity index (χ0) is 18.5. The zero-order valence-corrected chi connectivity index (χ0v) is 15.5. The molecule has 4 aromatic rings. The number of urea groups is 1. The number of hydrogen-bond donors (Lipinski definition) is 2. The van der Waals surface area contributed by atoms with Crippen molar-refractivity contribution >= 4 is 28.1 Å². The summed E-state index contributed by atoms with van der Waals surface area (Å²) in [5, 5.41) is 16.7. The topological polar surface area (TPSA) is 59.0 Å².